The van der Waals surface area contributed by atoms with E-state index in [1.54, 1.807) is 24.3 Å². The summed E-state index contributed by atoms with van der Waals surface area (Å²) in [6.45, 7) is 1.88. The Bertz CT molecular complexity index is 1200. The highest BCUT2D eigenvalue weighted by Gasteiger charge is 2.34. The number of carbonyl (C=O) groups is 2. The largest absolute Gasteiger partial charge is 0.285 e. The molecule has 1 aliphatic rings. The number of thiocarbonyl (C=S) groups is 1. The van der Waals surface area contributed by atoms with E-state index in [-0.39, 0.29) is 15.8 Å². The van der Waals surface area contributed by atoms with Crippen molar-refractivity contribution in [3.63, 3.8) is 0 Å². The number of hydrogen-bond donors (Lipinski definition) is 1. The predicted molar refractivity (Wildman–Crippen MR) is 123 cm³/mol. The number of hydrogen-bond acceptors (Lipinski definition) is 4. The lowest BCUT2D eigenvalue weighted by Gasteiger charge is -2.16. The smallest absolute Gasteiger partial charge is 0.267 e. The van der Waals surface area contributed by atoms with Crippen LogP contribution in [-0.4, -0.2) is 21.1 Å². The van der Waals surface area contributed by atoms with Crippen molar-refractivity contribution in [3.8, 4) is 0 Å². The van der Waals surface area contributed by atoms with Gasteiger partial charge in [-0.05, 0) is 59.2 Å². The number of amides is 2. The Morgan fingerprint density at radius 1 is 1.14 bits per heavy atom. The summed E-state index contributed by atoms with van der Waals surface area (Å²) >= 11 is 12.6. The minimum absolute atomic E-state index is 0.262. The Morgan fingerprint density at radius 3 is 2.69 bits per heavy atom. The predicted octanol–water partition coefficient (Wildman–Crippen LogP) is 5.35. The monoisotopic (exact) mass is 438 g/mol. The number of benzene rings is 3. The second kappa shape index (κ2) is 7.99. The highest BCUT2D eigenvalue weighted by Crippen LogP contribution is 2.33. The van der Waals surface area contributed by atoms with Gasteiger partial charge in [0.15, 0.2) is 4.32 Å². The Balaban J connectivity index is 1.60. The van der Waals surface area contributed by atoms with Gasteiger partial charge in [0.25, 0.3) is 11.8 Å². The minimum atomic E-state index is -0.488. The van der Waals surface area contributed by atoms with E-state index in [1.165, 1.54) is 0 Å². The van der Waals surface area contributed by atoms with Gasteiger partial charge < -0.3 is 0 Å². The first-order valence-corrected chi connectivity index (χ1v) is 10.4. The number of thioether (sulfide) groups is 1. The lowest BCUT2D eigenvalue weighted by Crippen LogP contribution is -2.44. The molecule has 2 amide bonds. The van der Waals surface area contributed by atoms with Crippen molar-refractivity contribution in [1.29, 1.82) is 0 Å². The van der Waals surface area contributed by atoms with Crippen molar-refractivity contribution < 1.29 is 9.59 Å². The van der Waals surface area contributed by atoms with Gasteiger partial charge in [0.2, 0.25) is 0 Å². The van der Waals surface area contributed by atoms with Gasteiger partial charge in [-0.2, -0.15) is 5.01 Å². The molecule has 1 N–H and O–H groups in total. The van der Waals surface area contributed by atoms with Gasteiger partial charge in [-0.3, -0.25) is 15.0 Å². The molecule has 0 saturated carbocycles. The molecule has 0 bridgehead atoms. The highest BCUT2D eigenvalue weighted by atomic mass is 35.5. The van der Waals surface area contributed by atoms with Crippen molar-refractivity contribution in [2.24, 2.45) is 0 Å². The molecule has 4 rings (SSSR count). The van der Waals surface area contributed by atoms with Crippen LogP contribution in [0.5, 0.6) is 0 Å². The van der Waals surface area contributed by atoms with Crippen LogP contribution in [0.3, 0.4) is 0 Å². The van der Waals surface area contributed by atoms with Crippen LogP contribution in [0.25, 0.3) is 16.8 Å². The Kier molecular flexibility index (Phi) is 5.41. The van der Waals surface area contributed by atoms with Gasteiger partial charge in [-0.25, -0.2) is 0 Å². The molecule has 29 heavy (non-hydrogen) atoms. The van der Waals surface area contributed by atoms with Crippen molar-refractivity contribution in [2.45, 2.75) is 6.92 Å². The number of rotatable bonds is 3. The second-order valence-corrected chi connectivity index (χ2v) is 8.59. The number of nitrogens with one attached hydrogen (secondary N) is 1. The molecule has 144 valence electrons. The number of halogens is 1. The number of aryl methyl sites for hydroxylation is 1. The molecule has 1 aliphatic heterocycles. The van der Waals surface area contributed by atoms with Gasteiger partial charge in [0, 0.05) is 0 Å². The van der Waals surface area contributed by atoms with Gasteiger partial charge >= 0.3 is 0 Å². The number of fused-ring (bicyclic) bond motifs is 1. The summed E-state index contributed by atoms with van der Waals surface area (Å²) in [5, 5.41) is 3.53. The maximum Gasteiger partial charge on any atom is 0.285 e. The third-order valence-electron chi connectivity index (χ3n) is 4.49. The third-order valence-corrected chi connectivity index (χ3v) is 6.10. The minimum Gasteiger partial charge on any atom is -0.267 e. The quantitative estimate of drug-likeness (QED) is 0.442. The Labute approximate surface area is 182 Å². The summed E-state index contributed by atoms with van der Waals surface area (Å²) in [5.74, 6) is -0.859. The molecule has 1 saturated heterocycles. The van der Waals surface area contributed by atoms with Crippen LogP contribution >= 0.6 is 35.6 Å². The lowest BCUT2D eigenvalue weighted by atomic mass is 10.0. The Morgan fingerprint density at radius 2 is 1.90 bits per heavy atom. The molecule has 3 aromatic carbocycles. The molecule has 7 heteroatoms. The molecule has 0 atom stereocenters. The SMILES string of the molecule is Cc1ccc(C(=O)NN2C(=O)/C(=C\c3cccc4ccccc34)SC2=S)c(Cl)c1. The fourth-order valence-corrected chi connectivity index (χ4v) is 4.54. The molecular weight excluding hydrogens is 424 g/mol. The fourth-order valence-electron chi connectivity index (χ4n) is 3.05. The first kappa shape index (κ1) is 19.6. The van der Waals surface area contributed by atoms with Gasteiger partial charge in [-0.15, -0.1) is 0 Å². The molecule has 4 nitrogen and oxygen atoms in total. The molecule has 1 heterocycles. The van der Waals surface area contributed by atoms with Crippen LogP contribution < -0.4 is 5.43 Å². The summed E-state index contributed by atoms with van der Waals surface area (Å²) < 4.78 is 0.262. The summed E-state index contributed by atoms with van der Waals surface area (Å²) in [6, 6.07) is 18.9. The number of carbonyl (C=O) groups excluding carboxylic acids is 2. The van der Waals surface area contributed by atoms with Crippen LogP contribution in [-0.2, 0) is 4.79 Å². The zero-order valence-electron chi connectivity index (χ0n) is 15.3. The summed E-state index contributed by atoms with van der Waals surface area (Å²) in [4.78, 5) is 25.9. The van der Waals surface area contributed by atoms with E-state index in [2.05, 4.69) is 5.43 Å². The first-order valence-electron chi connectivity index (χ1n) is 8.77. The lowest BCUT2D eigenvalue weighted by molar-refractivity contribution is -0.123. The summed E-state index contributed by atoms with van der Waals surface area (Å²) in [6.07, 6.45) is 1.80. The highest BCUT2D eigenvalue weighted by molar-refractivity contribution is 8.26. The number of hydrazine groups is 1. The van der Waals surface area contributed by atoms with Crippen molar-refractivity contribution in [1.82, 2.24) is 10.4 Å². The number of nitrogens with zero attached hydrogens (tertiary/aromatic N) is 1. The topological polar surface area (TPSA) is 49.4 Å². The van der Waals surface area contributed by atoms with Crippen LogP contribution in [0.2, 0.25) is 5.02 Å². The molecule has 0 spiro atoms. The molecule has 0 unspecified atom stereocenters. The van der Waals surface area contributed by atoms with E-state index >= 15 is 0 Å². The van der Waals surface area contributed by atoms with E-state index in [4.69, 9.17) is 23.8 Å². The molecule has 0 aliphatic carbocycles. The Hall–Kier alpha value is -2.67. The van der Waals surface area contributed by atoms with E-state index in [1.807, 2.05) is 49.4 Å². The van der Waals surface area contributed by atoms with Gasteiger partial charge in [0.1, 0.15) is 0 Å². The van der Waals surface area contributed by atoms with E-state index < -0.39 is 5.91 Å². The van der Waals surface area contributed by atoms with Crippen LogP contribution in [0.15, 0.2) is 65.6 Å². The zero-order chi connectivity index (χ0) is 20.5. The van der Waals surface area contributed by atoms with Crippen LogP contribution in [0, 0.1) is 6.92 Å². The molecule has 1 fully saturated rings. The zero-order valence-corrected chi connectivity index (χ0v) is 17.7. The van der Waals surface area contributed by atoms with E-state index in [0.29, 0.717) is 9.93 Å². The average Bonchev–Trinajstić information content (AvgIpc) is 2.95. The third kappa shape index (κ3) is 3.92. The molecule has 3 aromatic rings. The first-order chi connectivity index (χ1) is 13.9. The second-order valence-electron chi connectivity index (χ2n) is 6.51. The van der Waals surface area contributed by atoms with E-state index in [0.717, 1.165) is 38.7 Å². The van der Waals surface area contributed by atoms with Crippen LogP contribution in [0.1, 0.15) is 21.5 Å². The molecule has 0 radical (unpaired) electrons. The maximum absolute atomic E-state index is 12.9. The van der Waals surface area contributed by atoms with Crippen molar-refractivity contribution in [2.75, 3.05) is 0 Å². The van der Waals surface area contributed by atoms with Gasteiger partial charge in [-0.1, -0.05) is 71.9 Å². The maximum atomic E-state index is 12.9. The average molecular weight is 439 g/mol. The molecule has 0 aromatic heterocycles. The fraction of sp³-hybridized carbons (Fsp3) is 0.0455. The summed E-state index contributed by atoms with van der Waals surface area (Å²) in [7, 11) is 0. The standard InChI is InChI=1S/C22H15ClN2O2S2/c1-13-9-10-17(18(23)11-13)20(26)24-25-21(27)19(29-22(25)28)12-15-7-4-6-14-5-2-3-8-16(14)15/h2-12H,1H3,(H,24,26)/b19-12+. The van der Waals surface area contributed by atoms with Crippen molar-refractivity contribution in [3.05, 3.63) is 87.3 Å². The normalized spacial score (nSPS) is 15.4. The summed E-state index contributed by atoms with van der Waals surface area (Å²) in [5.41, 5.74) is 4.70. The van der Waals surface area contributed by atoms with Crippen molar-refractivity contribution >= 4 is 68.6 Å². The van der Waals surface area contributed by atoms with Gasteiger partial charge in [0.05, 0.1) is 15.5 Å². The van der Waals surface area contributed by atoms with E-state index in [9.17, 15) is 9.59 Å². The van der Waals surface area contributed by atoms with Crippen LogP contribution in [0.4, 0.5) is 0 Å². The molecular formula is C22H15ClN2O2S2.